The number of hydrogen-bond donors (Lipinski definition) is 2. The Bertz CT molecular complexity index is 1080. The first-order valence-electron chi connectivity index (χ1n) is 9.46. The van der Waals surface area contributed by atoms with Gasteiger partial charge in [-0.15, -0.1) is 11.8 Å². The van der Waals surface area contributed by atoms with Gasteiger partial charge in [0.2, 0.25) is 0 Å². The van der Waals surface area contributed by atoms with Gasteiger partial charge in [-0.1, -0.05) is 17.4 Å². The Hall–Kier alpha value is -2.16. The van der Waals surface area contributed by atoms with Crippen molar-refractivity contribution in [2.75, 3.05) is 24.3 Å². The zero-order valence-electron chi connectivity index (χ0n) is 15.6. The molecule has 0 aliphatic carbocycles. The van der Waals surface area contributed by atoms with Gasteiger partial charge in [0.1, 0.15) is 5.01 Å². The maximum Gasteiger partial charge on any atom is 0.322 e. The molecule has 1 atom stereocenters. The summed E-state index contributed by atoms with van der Waals surface area (Å²) in [5.41, 5.74) is 5.97. The molecule has 4 heterocycles. The Kier molecular flexibility index (Phi) is 4.70. The van der Waals surface area contributed by atoms with Gasteiger partial charge in [-0.2, -0.15) is 5.10 Å². The van der Waals surface area contributed by atoms with Crippen LogP contribution in [0.25, 0.3) is 10.6 Å². The highest BCUT2D eigenvalue weighted by Gasteiger charge is 2.22. The second-order valence-corrected chi connectivity index (χ2v) is 9.16. The van der Waals surface area contributed by atoms with E-state index >= 15 is 0 Å². The van der Waals surface area contributed by atoms with E-state index in [1.165, 1.54) is 21.7 Å². The van der Waals surface area contributed by atoms with Crippen LogP contribution in [0.5, 0.6) is 0 Å². The molecule has 2 N–H and O–H groups in total. The van der Waals surface area contributed by atoms with E-state index in [1.54, 1.807) is 0 Å². The van der Waals surface area contributed by atoms with Crippen molar-refractivity contribution in [3.05, 3.63) is 57.0 Å². The third-order valence-electron chi connectivity index (χ3n) is 5.57. The summed E-state index contributed by atoms with van der Waals surface area (Å²) in [6.07, 6.45) is 3.74. The van der Waals surface area contributed by atoms with Crippen molar-refractivity contribution >= 4 is 28.8 Å². The Balaban J connectivity index is 1.35. The van der Waals surface area contributed by atoms with E-state index in [0.29, 0.717) is 11.0 Å². The Morgan fingerprint density at radius 1 is 1.21 bits per heavy atom. The number of nitrogens with zero attached hydrogens (tertiary/aromatic N) is 3. The van der Waals surface area contributed by atoms with Crippen molar-refractivity contribution in [2.24, 2.45) is 0 Å². The van der Waals surface area contributed by atoms with Crippen LogP contribution < -0.4 is 10.2 Å². The molecule has 28 heavy (non-hydrogen) atoms. The number of nitrogens with one attached hydrogen (secondary N) is 2. The van der Waals surface area contributed by atoms with Gasteiger partial charge >= 0.3 is 4.87 Å². The van der Waals surface area contributed by atoms with Crippen LogP contribution in [0.1, 0.15) is 29.8 Å². The first-order chi connectivity index (χ1) is 13.7. The van der Waals surface area contributed by atoms with E-state index in [9.17, 15) is 4.79 Å². The number of benzene rings is 1. The summed E-state index contributed by atoms with van der Waals surface area (Å²) in [4.78, 5) is 19.8. The maximum absolute atomic E-state index is 11.4. The van der Waals surface area contributed by atoms with Gasteiger partial charge in [0.05, 0.1) is 5.88 Å². The monoisotopic (exact) mass is 411 g/mol. The lowest BCUT2D eigenvalue weighted by Crippen LogP contribution is -2.29. The molecule has 0 spiro atoms. The molecule has 0 fully saturated rings. The number of pyridine rings is 1. The van der Waals surface area contributed by atoms with Crippen LogP contribution >= 0.6 is 23.1 Å². The minimum atomic E-state index is -0.132. The molecule has 1 aromatic carbocycles. The third-order valence-corrected chi connectivity index (χ3v) is 7.33. The molecule has 0 saturated carbocycles. The predicted molar refractivity (Wildman–Crippen MR) is 114 cm³/mol. The van der Waals surface area contributed by atoms with Gasteiger partial charge in [-0.25, -0.2) is 5.10 Å². The number of rotatable bonds is 3. The fourth-order valence-electron chi connectivity index (χ4n) is 3.94. The number of hydrogen-bond acceptors (Lipinski definition) is 7. The molecule has 144 valence electrons. The number of H-pyrrole nitrogens is 1. The fraction of sp³-hybridized carbons (Fsp3) is 0.350. The largest absolute Gasteiger partial charge is 0.375 e. The topological polar surface area (TPSA) is 73.9 Å². The lowest BCUT2D eigenvalue weighted by atomic mass is 10.1. The quantitative estimate of drug-likeness (QED) is 0.687. The van der Waals surface area contributed by atoms with Crippen LogP contribution in [0, 0.1) is 0 Å². The van der Waals surface area contributed by atoms with Gasteiger partial charge < -0.3 is 5.32 Å². The molecule has 2 aromatic heterocycles. The highest BCUT2D eigenvalue weighted by molar-refractivity contribution is 7.99. The van der Waals surface area contributed by atoms with E-state index in [-0.39, 0.29) is 4.87 Å². The number of anilines is 1. The molecule has 0 radical (unpaired) electrons. The molecule has 0 bridgehead atoms. The van der Waals surface area contributed by atoms with Gasteiger partial charge in [0.15, 0.2) is 0 Å². The predicted octanol–water partition coefficient (Wildman–Crippen LogP) is 3.53. The molecule has 0 unspecified atom stereocenters. The van der Waals surface area contributed by atoms with Crippen molar-refractivity contribution < 1.29 is 0 Å². The normalized spacial score (nSPS) is 17.5. The minimum absolute atomic E-state index is 0.132. The van der Waals surface area contributed by atoms with Crippen LogP contribution in [-0.4, -0.2) is 39.0 Å². The summed E-state index contributed by atoms with van der Waals surface area (Å²) in [7, 11) is 0. The Morgan fingerprint density at radius 3 is 2.96 bits per heavy atom. The van der Waals surface area contributed by atoms with E-state index in [0.717, 1.165) is 54.4 Å². The fourth-order valence-corrected chi connectivity index (χ4v) is 5.36. The minimum Gasteiger partial charge on any atom is -0.375 e. The van der Waals surface area contributed by atoms with Crippen LogP contribution in [0.2, 0.25) is 0 Å². The maximum atomic E-state index is 11.4. The lowest BCUT2D eigenvalue weighted by Gasteiger charge is -2.28. The lowest BCUT2D eigenvalue weighted by molar-refractivity contribution is 0.221. The van der Waals surface area contributed by atoms with Crippen molar-refractivity contribution in [3.63, 3.8) is 0 Å². The van der Waals surface area contributed by atoms with Gasteiger partial charge in [-0.05, 0) is 42.7 Å². The molecule has 0 amide bonds. The zero-order valence-corrected chi connectivity index (χ0v) is 17.2. The Morgan fingerprint density at radius 2 is 2.11 bits per heavy atom. The number of fused-ring (bicyclic) bond motifs is 2. The van der Waals surface area contributed by atoms with Crippen LogP contribution in [0.3, 0.4) is 0 Å². The summed E-state index contributed by atoms with van der Waals surface area (Å²) < 4.78 is 0. The molecule has 3 aromatic rings. The molecule has 2 aliphatic heterocycles. The van der Waals surface area contributed by atoms with Crippen molar-refractivity contribution in [3.8, 4) is 10.6 Å². The van der Waals surface area contributed by atoms with Gasteiger partial charge in [0.25, 0.3) is 0 Å². The molecular weight excluding hydrogens is 390 g/mol. The van der Waals surface area contributed by atoms with Crippen molar-refractivity contribution in [2.45, 2.75) is 30.7 Å². The summed E-state index contributed by atoms with van der Waals surface area (Å²) in [5, 5.41) is 10.7. The van der Waals surface area contributed by atoms with Crippen LogP contribution in [-0.2, 0) is 12.8 Å². The van der Waals surface area contributed by atoms with Gasteiger partial charge in [-0.3, -0.25) is 14.7 Å². The SMILES string of the molecule is C[C@H](c1ccc2c(c1)NCS2)N1CCc2cc(-c3n[nH]c(=O)s3)cnc2CC1. The van der Waals surface area contributed by atoms with Crippen LogP contribution in [0.15, 0.2) is 40.2 Å². The molecule has 5 rings (SSSR count). The van der Waals surface area contributed by atoms with Crippen molar-refractivity contribution in [1.82, 2.24) is 20.1 Å². The number of thioether (sulfide) groups is 1. The molecular formula is C20H21N5OS2. The van der Waals surface area contributed by atoms with E-state index in [4.69, 9.17) is 0 Å². The average molecular weight is 412 g/mol. The highest BCUT2D eigenvalue weighted by Crippen LogP contribution is 2.36. The summed E-state index contributed by atoms with van der Waals surface area (Å²) >= 11 is 2.99. The average Bonchev–Trinajstić information content (AvgIpc) is 3.30. The highest BCUT2D eigenvalue weighted by atomic mass is 32.2. The third kappa shape index (κ3) is 3.36. The van der Waals surface area contributed by atoms with E-state index < -0.39 is 0 Å². The molecule has 6 nitrogen and oxygen atoms in total. The smallest absolute Gasteiger partial charge is 0.322 e. The number of aromatic nitrogens is 3. The standard InChI is InChI=1S/C20H21N5OS2/c1-12(13-2-3-18-17(9-13)22-11-27-18)25-6-4-14-8-15(10-21-16(14)5-7-25)19-23-24-20(26)28-19/h2-3,8-10,12,22H,4-7,11H2,1H3,(H,24,26)/t12-/m1/s1. The summed E-state index contributed by atoms with van der Waals surface area (Å²) in [6.45, 7) is 4.28. The summed E-state index contributed by atoms with van der Waals surface area (Å²) in [5.74, 6) is 0.963. The molecule has 8 heteroatoms. The first kappa shape index (κ1) is 17.9. The second kappa shape index (κ2) is 7.35. The Labute approximate surface area is 171 Å². The van der Waals surface area contributed by atoms with Crippen molar-refractivity contribution in [1.29, 1.82) is 0 Å². The number of aromatic amines is 1. The zero-order chi connectivity index (χ0) is 19.1. The van der Waals surface area contributed by atoms with E-state index in [2.05, 4.69) is 56.6 Å². The van der Waals surface area contributed by atoms with Crippen LogP contribution in [0.4, 0.5) is 5.69 Å². The molecule has 2 aliphatic rings. The summed E-state index contributed by atoms with van der Waals surface area (Å²) in [6, 6.07) is 9.31. The van der Waals surface area contributed by atoms with E-state index in [1.807, 2.05) is 18.0 Å². The second-order valence-electron chi connectivity index (χ2n) is 7.18. The molecule has 0 saturated heterocycles. The van der Waals surface area contributed by atoms with Gasteiger partial charge in [0, 0.05) is 53.6 Å². The first-order valence-corrected chi connectivity index (χ1v) is 11.3.